The maximum absolute atomic E-state index is 9.34. The number of aromatic nitrogens is 2. The molecule has 0 radical (unpaired) electrons. The molecule has 0 amide bonds. The number of hydrogen-bond donors (Lipinski definition) is 1. The van der Waals surface area contributed by atoms with Crippen molar-refractivity contribution < 1.29 is 0 Å². The van der Waals surface area contributed by atoms with E-state index >= 15 is 0 Å². The summed E-state index contributed by atoms with van der Waals surface area (Å²) in [5, 5.41) is 10.4. The normalized spacial score (nSPS) is 12.4. The predicted molar refractivity (Wildman–Crippen MR) is 119 cm³/mol. The van der Waals surface area contributed by atoms with Gasteiger partial charge in [-0.05, 0) is 36.6 Å². The molecule has 3 rings (SSSR count). The van der Waals surface area contributed by atoms with Crippen molar-refractivity contribution in [1.82, 2.24) is 9.97 Å². The number of rotatable bonds is 4. The fourth-order valence-corrected chi connectivity index (χ4v) is 2.96. The minimum Gasteiger partial charge on any atom is -0.404 e. The molecule has 146 valence electrons. The van der Waals surface area contributed by atoms with E-state index in [9.17, 15) is 5.26 Å². The summed E-state index contributed by atoms with van der Waals surface area (Å²) in [5.41, 5.74) is 11.4. The summed E-state index contributed by atoms with van der Waals surface area (Å²) in [6, 6.07) is 15.7. The summed E-state index contributed by atoms with van der Waals surface area (Å²) >= 11 is 0. The zero-order chi connectivity index (χ0) is 21.0. The zero-order valence-corrected chi connectivity index (χ0v) is 17.3. The van der Waals surface area contributed by atoms with E-state index in [0.717, 1.165) is 33.3 Å². The van der Waals surface area contributed by atoms with Gasteiger partial charge >= 0.3 is 0 Å². The summed E-state index contributed by atoms with van der Waals surface area (Å²) in [5.74, 6) is 0. The molecule has 1 aromatic carbocycles. The van der Waals surface area contributed by atoms with Gasteiger partial charge in [-0.2, -0.15) is 5.26 Å². The largest absolute Gasteiger partial charge is 0.404 e. The quantitative estimate of drug-likeness (QED) is 0.650. The highest BCUT2D eigenvalue weighted by Crippen LogP contribution is 2.29. The lowest BCUT2D eigenvalue weighted by atomic mass is 9.97. The molecule has 0 saturated carbocycles. The number of nitrogens with zero attached hydrogens (tertiary/aromatic N) is 4. The Morgan fingerprint density at radius 3 is 2.59 bits per heavy atom. The molecule has 0 aliphatic carbocycles. The van der Waals surface area contributed by atoms with Crippen LogP contribution in [-0.4, -0.2) is 22.7 Å². The number of fused-ring (bicyclic) bond motifs is 1. The van der Waals surface area contributed by atoms with Gasteiger partial charge in [0.25, 0.3) is 0 Å². The number of hydrogen-bond acceptors (Lipinski definition) is 5. The van der Waals surface area contributed by atoms with Crippen LogP contribution in [0.25, 0.3) is 27.7 Å². The molecule has 0 aliphatic rings. The smallest absolute Gasteiger partial charge is 0.141 e. The van der Waals surface area contributed by atoms with Gasteiger partial charge in [0.2, 0.25) is 0 Å². The van der Waals surface area contributed by atoms with E-state index in [1.54, 1.807) is 12.3 Å². The summed E-state index contributed by atoms with van der Waals surface area (Å²) in [6.07, 6.45) is 3.31. The summed E-state index contributed by atoms with van der Waals surface area (Å²) in [4.78, 5) is 13.7. The lowest BCUT2D eigenvalue weighted by Crippen LogP contribution is -2.09. The Morgan fingerprint density at radius 2 is 1.90 bits per heavy atom. The van der Waals surface area contributed by atoms with Crippen LogP contribution in [0.5, 0.6) is 0 Å². The van der Waals surface area contributed by atoms with Crippen LogP contribution in [0.15, 0.2) is 53.7 Å². The molecule has 29 heavy (non-hydrogen) atoms. The first-order valence-corrected chi connectivity index (χ1v) is 9.52. The van der Waals surface area contributed by atoms with Crippen LogP contribution in [0.2, 0.25) is 0 Å². The maximum atomic E-state index is 9.34. The van der Waals surface area contributed by atoms with Gasteiger partial charge in [-0.1, -0.05) is 39.0 Å². The van der Waals surface area contributed by atoms with E-state index in [1.165, 1.54) is 6.20 Å². The fourth-order valence-electron chi connectivity index (χ4n) is 2.96. The summed E-state index contributed by atoms with van der Waals surface area (Å²) < 4.78 is 0. The van der Waals surface area contributed by atoms with Gasteiger partial charge in [-0.25, -0.2) is 4.98 Å². The van der Waals surface area contributed by atoms with Gasteiger partial charge in [-0.15, -0.1) is 0 Å². The van der Waals surface area contributed by atoms with Crippen LogP contribution in [0, 0.1) is 23.7 Å². The van der Waals surface area contributed by atoms with E-state index in [0.29, 0.717) is 17.9 Å². The van der Waals surface area contributed by atoms with E-state index in [-0.39, 0.29) is 5.41 Å². The third kappa shape index (κ3) is 4.85. The molecule has 0 aliphatic heterocycles. The van der Waals surface area contributed by atoms with Crippen LogP contribution in [-0.2, 0) is 0 Å². The lowest BCUT2D eigenvalue weighted by Gasteiger charge is -2.14. The second kappa shape index (κ2) is 8.24. The Hall–Kier alpha value is -3.52. The predicted octanol–water partition coefficient (Wildman–Crippen LogP) is 4.89. The van der Waals surface area contributed by atoms with E-state index in [1.807, 2.05) is 43.3 Å². The van der Waals surface area contributed by atoms with Crippen molar-refractivity contribution in [3.8, 4) is 17.3 Å². The van der Waals surface area contributed by atoms with E-state index in [2.05, 4.69) is 41.8 Å². The van der Waals surface area contributed by atoms with Gasteiger partial charge in [-0.3, -0.25) is 9.98 Å². The SMILES string of the molecule is Cc1ccc2ccc(-c3nc(C#N)ccc3/C(C=NCC(C)(C)C)=C/N)cc2n1. The first kappa shape index (κ1) is 20.2. The number of aliphatic imine (C=N–C) groups is 1. The van der Waals surface area contributed by atoms with E-state index < -0.39 is 0 Å². The Kier molecular flexibility index (Phi) is 5.74. The Labute approximate surface area is 171 Å². The second-order valence-electron chi connectivity index (χ2n) is 8.22. The molecule has 5 heteroatoms. The minimum atomic E-state index is 0.0871. The van der Waals surface area contributed by atoms with Crippen LogP contribution >= 0.6 is 0 Å². The first-order valence-electron chi connectivity index (χ1n) is 9.52. The van der Waals surface area contributed by atoms with Crippen molar-refractivity contribution in [2.24, 2.45) is 16.1 Å². The van der Waals surface area contributed by atoms with Gasteiger partial charge in [0, 0.05) is 46.7 Å². The standard InChI is InChI=1S/C24H25N5/c1-16-5-6-17-7-8-18(11-22(17)28-16)23-21(10-9-20(13-26)29-23)19(12-25)14-27-15-24(2,3)4/h5-12,14H,15,25H2,1-4H3/b19-12+,27-14?. The highest BCUT2D eigenvalue weighted by Gasteiger charge is 2.13. The number of pyridine rings is 2. The van der Waals surface area contributed by atoms with Crippen molar-refractivity contribution in [2.75, 3.05) is 6.54 Å². The van der Waals surface area contributed by atoms with Gasteiger partial charge in [0.1, 0.15) is 11.8 Å². The Balaban J connectivity index is 2.12. The van der Waals surface area contributed by atoms with Gasteiger partial charge < -0.3 is 5.73 Å². The Bertz CT molecular complexity index is 1140. The molecule has 0 saturated heterocycles. The van der Waals surface area contributed by atoms with Crippen molar-refractivity contribution >= 4 is 22.7 Å². The Morgan fingerprint density at radius 1 is 1.14 bits per heavy atom. The van der Waals surface area contributed by atoms with Crippen LogP contribution in [0.1, 0.15) is 37.7 Å². The molecule has 0 spiro atoms. The van der Waals surface area contributed by atoms with Crippen molar-refractivity contribution in [2.45, 2.75) is 27.7 Å². The monoisotopic (exact) mass is 383 g/mol. The number of benzene rings is 1. The van der Waals surface area contributed by atoms with Crippen LogP contribution in [0.3, 0.4) is 0 Å². The molecule has 0 unspecified atom stereocenters. The molecular formula is C24H25N5. The molecule has 0 fully saturated rings. The minimum absolute atomic E-state index is 0.0871. The molecule has 0 bridgehead atoms. The summed E-state index contributed by atoms with van der Waals surface area (Å²) in [7, 11) is 0. The maximum Gasteiger partial charge on any atom is 0.141 e. The second-order valence-corrected chi connectivity index (χ2v) is 8.22. The molecule has 2 heterocycles. The molecule has 0 atom stereocenters. The molecule has 3 aromatic rings. The van der Waals surface area contributed by atoms with Crippen molar-refractivity contribution in [3.63, 3.8) is 0 Å². The number of allylic oxidation sites excluding steroid dienone is 1. The average molecular weight is 383 g/mol. The molecule has 2 N–H and O–H groups in total. The van der Waals surface area contributed by atoms with Crippen molar-refractivity contribution in [1.29, 1.82) is 5.26 Å². The number of aryl methyl sites for hydroxylation is 1. The van der Waals surface area contributed by atoms with Gasteiger partial charge in [0.15, 0.2) is 0 Å². The van der Waals surface area contributed by atoms with Crippen molar-refractivity contribution in [3.05, 3.63) is 65.6 Å². The van der Waals surface area contributed by atoms with Crippen LogP contribution in [0.4, 0.5) is 0 Å². The third-order valence-corrected chi connectivity index (χ3v) is 4.40. The highest BCUT2D eigenvalue weighted by atomic mass is 14.7. The van der Waals surface area contributed by atoms with Crippen LogP contribution < -0.4 is 5.73 Å². The van der Waals surface area contributed by atoms with E-state index in [4.69, 9.17) is 5.73 Å². The molecule has 2 aromatic heterocycles. The number of nitriles is 1. The first-order chi connectivity index (χ1) is 13.8. The zero-order valence-electron chi connectivity index (χ0n) is 17.3. The fraction of sp³-hybridized carbons (Fsp3) is 0.250. The molecular weight excluding hydrogens is 358 g/mol. The summed E-state index contributed by atoms with van der Waals surface area (Å²) in [6.45, 7) is 9.05. The topological polar surface area (TPSA) is 88.0 Å². The highest BCUT2D eigenvalue weighted by molar-refractivity contribution is 6.12. The lowest BCUT2D eigenvalue weighted by molar-refractivity contribution is 0.430. The molecule has 5 nitrogen and oxygen atoms in total. The van der Waals surface area contributed by atoms with Gasteiger partial charge in [0.05, 0.1) is 11.2 Å². The third-order valence-electron chi connectivity index (χ3n) is 4.40. The number of nitrogens with two attached hydrogens (primary N) is 1. The average Bonchev–Trinajstić information content (AvgIpc) is 2.69.